The Morgan fingerprint density at radius 1 is 1.44 bits per heavy atom. The maximum absolute atomic E-state index is 12.0. The number of hydrogen-bond donors (Lipinski definition) is 1. The van der Waals surface area contributed by atoms with Gasteiger partial charge in [-0.05, 0) is 37.1 Å². The molecule has 1 unspecified atom stereocenters. The van der Waals surface area contributed by atoms with Gasteiger partial charge in [-0.25, -0.2) is 8.78 Å². The van der Waals surface area contributed by atoms with Crippen molar-refractivity contribution < 1.29 is 13.5 Å². The average molecular weight is 294 g/mol. The minimum Gasteiger partial charge on any atom is -0.488 e. The fourth-order valence-corrected chi connectivity index (χ4v) is 1.71. The highest BCUT2D eigenvalue weighted by Crippen LogP contribution is 2.23. The van der Waals surface area contributed by atoms with Crippen molar-refractivity contribution in [2.45, 2.75) is 25.8 Å². The van der Waals surface area contributed by atoms with E-state index in [0.29, 0.717) is 12.2 Å². The molecular weight excluding hydrogens is 280 g/mol. The lowest BCUT2D eigenvalue weighted by atomic mass is 10.1. The molecule has 90 valence electrons. The summed E-state index contributed by atoms with van der Waals surface area (Å²) in [6, 6.07) is 5.17. The third kappa shape index (κ3) is 4.45. The van der Waals surface area contributed by atoms with Crippen molar-refractivity contribution >= 4 is 15.9 Å². The Morgan fingerprint density at radius 3 is 2.69 bits per heavy atom. The topological polar surface area (TPSA) is 35.2 Å². The first kappa shape index (κ1) is 13.4. The van der Waals surface area contributed by atoms with Gasteiger partial charge in [-0.3, -0.25) is 0 Å². The summed E-state index contributed by atoms with van der Waals surface area (Å²) in [5, 5.41) is 0. The van der Waals surface area contributed by atoms with E-state index in [1.165, 1.54) is 0 Å². The summed E-state index contributed by atoms with van der Waals surface area (Å²) in [5.41, 5.74) is 6.64. The predicted octanol–water partition coefficient (Wildman–Crippen LogP) is 2.98. The Morgan fingerprint density at radius 2 is 2.12 bits per heavy atom. The van der Waals surface area contributed by atoms with Gasteiger partial charge in [-0.1, -0.05) is 15.9 Å². The molecule has 0 heterocycles. The van der Waals surface area contributed by atoms with Crippen molar-refractivity contribution in [3.05, 3.63) is 28.2 Å². The van der Waals surface area contributed by atoms with Crippen LogP contribution in [0.4, 0.5) is 8.78 Å². The van der Waals surface area contributed by atoms with Crippen LogP contribution in [0, 0.1) is 0 Å². The van der Waals surface area contributed by atoms with Gasteiger partial charge in [0, 0.05) is 10.5 Å². The fourth-order valence-electron chi connectivity index (χ4n) is 1.30. The van der Waals surface area contributed by atoms with Crippen LogP contribution < -0.4 is 10.5 Å². The van der Waals surface area contributed by atoms with Gasteiger partial charge in [0.2, 0.25) is 0 Å². The summed E-state index contributed by atoms with van der Waals surface area (Å²) >= 11 is 3.38. The number of hydrogen-bond acceptors (Lipinski definition) is 2. The lowest BCUT2D eigenvalue weighted by molar-refractivity contribution is 0.0818. The first-order valence-corrected chi connectivity index (χ1v) is 5.73. The molecule has 2 N–H and O–H groups in total. The largest absolute Gasteiger partial charge is 0.488 e. The molecule has 0 aliphatic carbocycles. The normalized spacial score (nSPS) is 12.9. The van der Waals surface area contributed by atoms with Gasteiger partial charge in [-0.2, -0.15) is 0 Å². The maximum Gasteiger partial charge on any atom is 0.272 e. The molecule has 0 aliphatic heterocycles. The van der Waals surface area contributed by atoms with Crippen LogP contribution in [0.1, 0.15) is 12.5 Å². The molecule has 1 atom stereocenters. The van der Waals surface area contributed by atoms with Crippen LogP contribution in [-0.4, -0.2) is 19.1 Å². The van der Waals surface area contributed by atoms with E-state index in [1.807, 2.05) is 6.92 Å². The van der Waals surface area contributed by atoms with Gasteiger partial charge >= 0.3 is 0 Å². The third-order valence-corrected chi connectivity index (χ3v) is 2.71. The van der Waals surface area contributed by atoms with Gasteiger partial charge in [0.1, 0.15) is 12.4 Å². The molecule has 16 heavy (non-hydrogen) atoms. The highest BCUT2D eigenvalue weighted by molar-refractivity contribution is 9.10. The lowest BCUT2D eigenvalue weighted by Gasteiger charge is -2.11. The predicted molar refractivity (Wildman–Crippen MR) is 63.0 cm³/mol. The quantitative estimate of drug-likeness (QED) is 0.906. The Kier molecular flexibility index (Phi) is 5.15. The van der Waals surface area contributed by atoms with Gasteiger partial charge < -0.3 is 10.5 Å². The number of halogens is 3. The second-order valence-corrected chi connectivity index (χ2v) is 4.49. The number of ether oxygens (including phenoxy) is 1. The van der Waals surface area contributed by atoms with Crippen molar-refractivity contribution in [1.29, 1.82) is 0 Å². The molecule has 0 aliphatic rings. The summed E-state index contributed by atoms with van der Waals surface area (Å²) in [6.07, 6.45) is -1.78. The Hall–Kier alpha value is -0.680. The van der Waals surface area contributed by atoms with E-state index >= 15 is 0 Å². The Bertz CT molecular complexity index is 345. The standard InChI is InChI=1S/C11H14BrF2NO/c1-7(15)4-8-5-9(2-3-10(8)12)16-6-11(13)14/h2-3,5,7,11H,4,6,15H2,1H3. The van der Waals surface area contributed by atoms with Crippen molar-refractivity contribution in [2.24, 2.45) is 5.73 Å². The minimum absolute atomic E-state index is 0.0154. The Balaban J connectivity index is 2.73. The summed E-state index contributed by atoms with van der Waals surface area (Å²) in [4.78, 5) is 0. The highest BCUT2D eigenvalue weighted by atomic mass is 79.9. The zero-order valence-electron chi connectivity index (χ0n) is 8.92. The molecule has 0 fully saturated rings. The van der Waals surface area contributed by atoms with E-state index in [4.69, 9.17) is 10.5 Å². The van der Waals surface area contributed by atoms with E-state index in [0.717, 1.165) is 10.0 Å². The zero-order valence-corrected chi connectivity index (χ0v) is 10.5. The number of alkyl halides is 2. The lowest BCUT2D eigenvalue weighted by Crippen LogP contribution is -2.18. The molecule has 5 heteroatoms. The van der Waals surface area contributed by atoms with Crippen LogP contribution in [-0.2, 0) is 6.42 Å². The average Bonchev–Trinajstić information content (AvgIpc) is 2.18. The monoisotopic (exact) mass is 293 g/mol. The van der Waals surface area contributed by atoms with E-state index < -0.39 is 13.0 Å². The molecule has 1 aromatic rings. The van der Waals surface area contributed by atoms with Crippen molar-refractivity contribution in [2.75, 3.05) is 6.61 Å². The molecule has 0 saturated heterocycles. The van der Waals surface area contributed by atoms with E-state index in [2.05, 4.69) is 15.9 Å². The van der Waals surface area contributed by atoms with E-state index in [9.17, 15) is 8.78 Å². The molecule has 0 amide bonds. The third-order valence-electron chi connectivity index (χ3n) is 1.94. The zero-order chi connectivity index (χ0) is 12.1. The summed E-state index contributed by atoms with van der Waals surface area (Å²) in [7, 11) is 0. The first-order chi connectivity index (χ1) is 7.49. The van der Waals surface area contributed by atoms with Gasteiger partial charge in [0.15, 0.2) is 0 Å². The summed E-state index contributed by atoms with van der Waals surface area (Å²) in [5.74, 6) is 0.444. The van der Waals surface area contributed by atoms with Crippen LogP contribution in [0.2, 0.25) is 0 Å². The second-order valence-electron chi connectivity index (χ2n) is 3.64. The number of rotatable bonds is 5. The SMILES string of the molecule is CC(N)Cc1cc(OCC(F)F)ccc1Br. The molecule has 0 saturated carbocycles. The highest BCUT2D eigenvalue weighted by Gasteiger charge is 2.07. The van der Waals surface area contributed by atoms with Crippen LogP contribution >= 0.6 is 15.9 Å². The molecule has 0 radical (unpaired) electrons. The summed E-state index contributed by atoms with van der Waals surface area (Å²) in [6.45, 7) is 1.30. The Labute approximate surface area is 102 Å². The maximum atomic E-state index is 12.0. The molecule has 1 aromatic carbocycles. The second kappa shape index (κ2) is 6.15. The molecule has 0 aromatic heterocycles. The van der Waals surface area contributed by atoms with Crippen molar-refractivity contribution in [3.63, 3.8) is 0 Å². The van der Waals surface area contributed by atoms with Crippen LogP contribution in [0.3, 0.4) is 0 Å². The van der Waals surface area contributed by atoms with Crippen LogP contribution in [0.25, 0.3) is 0 Å². The molecule has 0 bridgehead atoms. The fraction of sp³-hybridized carbons (Fsp3) is 0.455. The van der Waals surface area contributed by atoms with Gasteiger partial charge in [0.05, 0.1) is 0 Å². The number of nitrogens with two attached hydrogens (primary N) is 1. The molecule has 2 nitrogen and oxygen atoms in total. The van der Waals surface area contributed by atoms with Crippen molar-refractivity contribution in [1.82, 2.24) is 0 Å². The molecule has 0 spiro atoms. The molecule has 1 rings (SSSR count). The van der Waals surface area contributed by atoms with Crippen LogP contribution in [0.15, 0.2) is 22.7 Å². The minimum atomic E-state index is -2.46. The number of benzene rings is 1. The molecular formula is C11H14BrF2NO. The van der Waals surface area contributed by atoms with Crippen molar-refractivity contribution in [3.8, 4) is 5.75 Å². The van der Waals surface area contributed by atoms with E-state index in [-0.39, 0.29) is 6.04 Å². The first-order valence-electron chi connectivity index (χ1n) is 4.94. The van der Waals surface area contributed by atoms with Gasteiger partial charge in [-0.15, -0.1) is 0 Å². The van der Waals surface area contributed by atoms with E-state index in [1.54, 1.807) is 18.2 Å². The van der Waals surface area contributed by atoms with Crippen LogP contribution in [0.5, 0.6) is 5.75 Å². The summed E-state index contributed by atoms with van der Waals surface area (Å²) < 4.78 is 29.8. The smallest absolute Gasteiger partial charge is 0.272 e. The van der Waals surface area contributed by atoms with Gasteiger partial charge in [0.25, 0.3) is 6.43 Å².